The van der Waals surface area contributed by atoms with Gasteiger partial charge in [0, 0.05) is 13.7 Å². The van der Waals surface area contributed by atoms with Gasteiger partial charge in [-0.15, -0.1) is 0 Å². The molecular weight excluding hydrogens is 270 g/mol. The molecule has 1 heterocycles. The molecule has 0 bridgehead atoms. The molecule has 6 heteroatoms. The van der Waals surface area contributed by atoms with Gasteiger partial charge < -0.3 is 15.8 Å². The number of ether oxygens (including phenoxy) is 1. The second kappa shape index (κ2) is 7.22. The average molecular weight is 297 g/mol. The maximum Gasteiger partial charge on any atom is 0.231 e. The maximum atomic E-state index is 12.6. The summed E-state index contributed by atoms with van der Waals surface area (Å²) in [5.41, 5.74) is 5.06. The van der Waals surface area contributed by atoms with Crippen molar-refractivity contribution in [3.63, 3.8) is 0 Å². The molecule has 3 N–H and O–H groups in total. The Morgan fingerprint density at radius 3 is 2.67 bits per heavy atom. The van der Waals surface area contributed by atoms with Crippen LogP contribution in [0.4, 0.5) is 0 Å². The largest absolute Gasteiger partial charge is 0.382 e. The van der Waals surface area contributed by atoms with Gasteiger partial charge in [-0.1, -0.05) is 12.8 Å². The number of nitrogens with two attached hydrogens (primary N) is 1. The summed E-state index contributed by atoms with van der Waals surface area (Å²) >= 11 is 0. The topological polar surface area (TPSA) is 84.7 Å². The number of carbonyl (C=O) groups is 2. The highest BCUT2D eigenvalue weighted by atomic mass is 16.5. The molecule has 1 saturated heterocycles. The quantitative estimate of drug-likeness (QED) is 0.736. The highest BCUT2D eigenvalue weighted by molar-refractivity contribution is 5.80. The van der Waals surface area contributed by atoms with Gasteiger partial charge in [0.1, 0.15) is 0 Å². The van der Waals surface area contributed by atoms with E-state index in [1.165, 1.54) is 0 Å². The van der Waals surface area contributed by atoms with Crippen LogP contribution >= 0.6 is 0 Å². The molecule has 1 saturated carbocycles. The van der Waals surface area contributed by atoms with E-state index >= 15 is 0 Å². The molecule has 1 aliphatic carbocycles. The van der Waals surface area contributed by atoms with Crippen molar-refractivity contribution in [2.75, 3.05) is 33.4 Å². The summed E-state index contributed by atoms with van der Waals surface area (Å²) < 4.78 is 5.30. The van der Waals surface area contributed by atoms with Crippen LogP contribution in [0.2, 0.25) is 0 Å². The van der Waals surface area contributed by atoms with Crippen molar-refractivity contribution in [3.05, 3.63) is 0 Å². The SMILES string of the molecule is COCC1(NC(=O)C2CCCN(CC(N)=O)C2)CCCC1. The number of hydrogen-bond donors (Lipinski definition) is 2. The normalized spacial score (nSPS) is 25.7. The summed E-state index contributed by atoms with van der Waals surface area (Å²) in [7, 11) is 1.68. The molecule has 21 heavy (non-hydrogen) atoms. The van der Waals surface area contributed by atoms with Crippen molar-refractivity contribution in [1.29, 1.82) is 0 Å². The number of primary amides is 1. The number of piperidine rings is 1. The van der Waals surface area contributed by atoms with E-state index < -0.39 is 0 Å². The van der Waals surface area contributed by atoms with E-state index in [9.17, 15) is 9.59 Å². The summed E-state index contributed by atoms with van der Waals surface area (Å²) in [6.45, 7) is 2.29. The summed E-state index contributed by atoms with van der Waals surface area (Å²) in [4.78, 5) is 25.6. The number of hydrogen-bond acceptors (Lipinski definition) is 4. The molecule has 2 fully saturated rings. The lowest BCUT2D eigenvalue weighted by molar-refractivity contribution is -0.130. The van der Waals surface area contributed by atoms with Crippen molar-refractivity contribution in [3.8, 4) is 0 Å². The molecule has 0 radical (unpaired) electrons. The molecule has 0 spiro atoms. The monoisotopic (exact) mass is 297 g/mol. The van der Waals surface area contributed by atoms with E-state index in [2.05, 4.69) is 5.32 Å². The molecule has 1 aliphatic heterocycles. The fourth-order valence-electron chi connectivity index (χ4n) is 3.63. The fraction of sp³-hybridized carbons (Fsp3) is 0.867. The highest BCUT2D eigenvalue weighted by Crippen LogP contribution is 2.30. The number of methoxy groups -OCH3 is 1. The lowest BCUT2D eigenvalue weighted by Gasteiger charge is -2.35. The average Bonchev–Trinajstić information content (AvgIpc) is 2.87. The van der Waals surface area contributed by atoms with Crippen LogP contribution in [0.1, 0.15) is 38.5 Å². The van der Waals surface area contributed by atoms with Gasteiger partial charge >= 0.3 is 0 Å². The first kappa shape index (κ1) is 16.2. The van der Waals surface area contributed by atoms with E-state index in [4.69, 9.17) is 10.5 Å². The molecule has 2 amide bonds. The number of likely N-dealkylation sites (tertiary alicyclic amines) is 1. The maximum absolute atomic E-state index is 12.6. The standard InChI is InChI=1S/C15H27N3O3/c1-21-11-15(6-2-3-7-15)17-14(20)12-5-4-8-18(9-12)10-13(16)19/h12H,2-11H2,1H3,(H2,16,19)(H,17,20). The van der Waals surface area contributed by atoms with E-state index in [-0.39, 0.29) is 29.8 Å². The minimum absolute atomic E-state index is 0.0487. The van der Waals surface area contributed by atoms with Crippen molar-refractivity contribution in [2.24, 2.45) is 11.7 Å². The molecule has 2 aliphatic rings. The first-order valence-corrected chi connectivity index (χ1v) is 7.86. The molecule has 1 unspecified atom stereocenters. The van der Waals surface area contributed by atoms with Crippen LogP contribution in [0.3, 0.4) is 0 Å². The van der Waals surface area contributed by atoms with E-state index in [1.807, 2.05) is 4.90 Å². The van der Waals surface area contributed by atoms with Crippen molar-refractivity contribution in [2.45, 2.75) is 44.1 Å². The van der Waals surface area contributed by atoms with Gasteiger partial charge in [-0.3, -0.25) is 14.5 Å². The zero-order chi connectivity index (χ0) is 15.3. The Balaban J connectivity index is 1.91. The number of carbonyl (C=O) groups excluding carboxylic acids is 2. The Bertz CT molecular complexity index is 380. The molecule has 1 atom stereocenters. The van der Waals surface area contributed by atoms with Crippen LogP contribution < -0.4 is 11.1 Å². The number of nitrogens with one attached hydrogen (secondary N) is 1. The number of rotatable bonds is 6. The second-order valence-electron chi connectivity index (χ2n) is 6.45. The molecule has 0 aromatic carbocycles. The van der Waals surface area contributed by atoms with Gasteiger partial charge in [-0.05, 0) is 32.2 Å². The van der Waals surface area contributed by atoms with Crippen LogP contribution in [0.5, 0.6) is 0 Å². The molecule has 6 nitrogen and oxygen atoms in total. The predicted molar refractivity (Wildman–Crippen MR) is 79.6 cm³/mol. The van der Waals surface area contributed by atoms with Crippen molar-refractivity contribution in [1.82, 2.24) is 10.2 Å². The third-order valence-electron chi connectivity index (χ3n) is 4.63. The van der Waals surface area contributed by atoms with Gasteiger partial charge in [0.05, 0.1) is 24.6 Å². The van der Waals surface area contributed by atoms with Crippen molar-refractivity contribution >= 4 is 11.8 Å². The number of nitrogens with zero attached hydrogens (tertiary/aromatic N) is 1. The van der Waals surface area contributed by atoms with Gasteiger partial charge in [-0.2, -0.15) is 0 Å². The first-order valence-electron chi connectivity index (χ1n) is 7.86. The fourth-order valence-corrected chi connectivity index (χ4v) is 3.63. The van der Waals surface area contributed by atoms with Crippen LogP contribution in [0.25, 0.3) is 0 Å². The third-order valence-corrected chi connectivity index (χ3v) is 4.63. The van der Waals surface area contributed by atoms with E-state index in [0.717, 1.165) is 45.1 Å². The minimum Gasteiger partial charge on any atom is -0.382 e. The smallest absolute Gasteiger partial charge is 0.231 e. The predicted octanol–water partition coefficient (Wildman–Crippen LogP) is 0.259. The van der Waals surface area contributed by atoms with Gasteiger partial charge in [-0.25, -0.2) is 0 Å². The van der Waals surface area contributed by atoms with Crippen LogP contribution in [0.15, 0.2) is 0 Å². The molecule has 120 valence electrons. The number of amides is 2. The molecule has 0 aromatic heterocycles. The van der Waals surface area contributed by atoms with Crippen LogP contribution in [-0.2, 0) is 14.3 Å². The highest BCUT2D eigenvalue weighted by Gasteiger charge is 2.37. The van der Waals surface area contributed by atoms with Gasteiger partial charge in [0.2, 0.25) is 11.8 Å². The van der Waals surface area contributed by atoms with Gasteiger partial charge in [0.25, 0.3) is 0 Å². The Morgan fingerprint density at radius 1 is 1.33 bits per heavy atom. The Morgan fingerprint density at radius 2 is 2.05 bits per heavy atom. The van der Waals surface area contributed by atoms with Crippen LogP contribution in [0, 0.1) is 5.92 Å². The molecular formula is C15H27N3O3. The molecule has 2 rings (SSSR count). The summed E-state index contributed by atoms with van der Waals surface area (Å²) in [5, 5.41) is 3.23. The minimum atomic E-state index is -0.331. The lowest BCUT2D eigenvalue weighted by Crippen LogP contribution is -2.54. The lowest BCUT2D eigenvalue weighted by atomic mass is 9.93. The van der Waals surface area contributed by atoms with E-state index in [0.29, 0.717) is 13.2 Å². The first-order chi connectivity index (χ1) is 10.0. The second-order valence-corrected chi connectivity index (χ2v) is 6.45. The summed E-state index contributed by atoms with van der Waals surface area (Å²) in [6.07, 6.45) is 6.08. The third kappa shape index (κ3) is 4.41. The van der Waals surface area contributed by atoms with E-state index in [1.54, 1.807) is 7.11 Å². The Kier molecular flexibility index (Phi) is 5.58. The van der Waals surface area contributed by atoms with Gasteiger partial charge in [0.15, 0.2) is 0 Å². The molecule has 0 aromatic rings. The van der Waals surface area contributed by atoms with Crippen molar-refractivity contribution < 1.29 is 14.3 Å². The zero-order valence-corrected chi connectivity index (χ0v) is 12.9. The Labute approximate surface area is 126 Å². The Hall–Kier alpha value is -1.14. The summed E-state index contributed by atoms with van der Waals surface area (Å²) in [6, 6.07) is 0. The summed E-state index contributed by atoms with van der Waals surface area (Å²) in [5.74, 6) is -0.279. The van der Waals surface area contributed by atoms with Crippen LogP contribution in [-0.4, -0.2) is 55.6 Å². The zero-order valence-electron chi connectivity index (χ0n) is 12.9.